The SMILES string of the molecule is CC(C)Cc1nc(O)c(Br)c(=O)[nH]1. The van der Waals surface area contributed by atoms with Crippen molar-refractivity contribution < 1.29 is 5.11 Å². The molecule has 5 heteroatoms. The number of nitrogens with zero attached hydrogens (tertiary/aromatic N) is 1. The molecule has 13 heavy (non-hydrogen) atoms. The molecule has 1 heterocycles. The Hall–Kier alpha value is -0.840. The van der Waals surface area contributed by atoms with Crippen LogP contribution in [0.3, 0.4) is 0 Å². The van der Waals surface area contributed by atoms with Gasteiger partial charge in [0.05, 0.1) is 0 Å². The molecular formula is C8H11BrN2O2. The first kappa shape index (κ1) is 10.2. The summed E-state index contributed by atoms with van der Waals surface area (Å²) in [5.41, 5.74) is -0.344. The van der Waals surface area contributed by atoms with Crippen LogP contribution in [0, 0.1) is 5.92 Å². The van der Waals surface area contributed by atoms with E-state index in [0.717, 1.165) is 0 Å². The molecule has 0 aliphatic carbocycles. The lowest BCUT2D eigenvalue weighted by molar-refractivity contribution is 0.441. The van der Waals surface area contributed by atoms with Crippen LogP contribution in [-0.2, 0) is 6.42 Å². The van der Waals surface area contributed by atoms with Crippen molar-refractivity contribution in [1.82, 2.24) is 9.97 Å². The van der Waals surface area contributed by atoms with Crippen molar-refractivity contribution in [3.63, 3.8) is 0 Å². The lowest BCUT2D eigenvalue weighted by Crippen LogP contribution is -2.13. The molecule has 0 radical (unpaired) electrons. The predicted octanol–water partition coefficient (Wildman–Crippen LogP) is 1.44. The highest BCUT2D eigenvalue weighted by atomic mass is 79.9. The Labute approximate surface area is 84.2 Å². The molecule has 0 unspecified atom stereocenters. The number of halogens is 1. The third-order valence-corrected chi connectivity index (χ3v) is 2.21. The van der Waals surface area contributed by atoms with Gasteiger partial charge in [0.25, 0.3) is 5.56 Å². The number of hydrogen-bond acceptors (Lipinski definition) is 3. The standard InChI is InChI=1S/C8H11BrN2O2/c1-4(2)3-5-10-7(12)6(9)8(13)11-5/h4H,3H2,1-2H3,(H2,10,11,12,13). The first-order valence-corrected chi connectivity index (χ1v) is 4.77. The van der Waals surface area contributed by atoms with Crippen LogP contribution in [0.15, 0.2) is 9.27 Å². The molecule has 1 aromatic heterocycles. The molecule has 0 saturated carbocycles. The molecule has 0 amide bonds. The van der Waals surface area contributed by atoms with Gasteiger partial charge in [-0.2, -0.15) is 4.98 Å². The topological polar surface area (TPSA) is 66.0 Å². The van der Waals surface area contributed by atoms with Gasteiger partial charge in [0.2, 0.25) is 5.88 Å². The van der Waals surface area contributed by atoms with Gasteiger partial charge in [-0.05, 0) is 21.8 Å². The van der Waals surface area contributed by atoms with E-state index in [1.807, 2.05) is 13.8 Å². The van der Waals surface area contributed by atoms with Gasteiger partial charge in [-0.1, -0.05) is 13.8 Å². The fourth-order valence-electron chi connectivity index (χ4n) is 0.976. The highest BCUT2D eigenvalue weighted by molar-refractivity contribution is 9.10. The van der Waals surface area contributed by atoms with Gasteiger partial charge in [-0.15, -0.1) is 0 Å². The van der Waals surface area contributed by atoms with Gasteiger partial charge >= 0.3 is 0 Å². The lowest BCUT2D eigenvalue weighted by Gasteiger charge is -2.04. The van der Waals surface area contributed by atoms with Crippen LogP contribution in [0.1, 0.15) is 19.7 Å². The zero-order chi connectivity index (χ0) is 10.0. The number of H-pyrrole nitrogens is 1. The summed E-state index contributed by atoms with van der Waals surface area (Å²) >= 11 is 2.92. The number of aromatic hydroxyl groups is 1. The molecule has 4 nitrogen and oxygen atoms in total. The monoisotopic (exact) mass is 246 g/mol. The molecular weight excluding hydrogens is 236 g/mol. The molecule has 1 aromatic rings. The van der Waals surface area contributed by atoms with E-state index in [9.17, 15) is 9.90 Å². The summed E-state index contributed by atoms with van der Waals surface area (Å²) in [7, 11) is 0. The maximum atomic E-state index is 11.1. The van der Waals surface area contributed by atoms with Crippen LogP contribution in [0.5, 0.6) is 5.88 Å². The molecule has 0 aromatic carbocycles. The van der Waals surface area contributed by atoms with Crippen LogP contribution in [-0.4, -0.2) is 15.1 Å². The predicted molar refractivity (Wildman–Crippen MR) is 52.8 cm³/mol. The number of hydrogen-bond donors (Lipinski definition) is 2. The van der Waals surface area contributed by atoms with Crippen molar-refractivity contribution in [2.75, 3.05) is 0 Å². The van der Waals surface area contributed by atoms with Gasteiger partial charge < -0.3 is 10.1 Å². The first-order valence-electron chi connectivity index (χ1n) is 3.98. The molecule has 72 valence electrons. The summed E-state index contributed by atoms with van der Waals surface area (Å²) in [4.78, 5) is 17.5. The Morgan fingerprint density at radius 3 is 2.69 bits per heavy atom. The molecule has 0 atom stereocenters. The number of nitrogens with one attached hydrogen (secondary N) is 1. The van der Waals surface area contributed by atoms with Gasteiger partial charge in [0, 0.05) is 6.42 Å². The minimum atomic E-state index is -0.344. The van der Waals surface area contributed by atoms with Gasteiger partial charge in [-0.25, -0.2) is 0 Å². The molecule has 0 spiro atoms. The molecule has 1 rings (SSSR count). The Balaban J connectivity index is 3.06. The van der Waals surface area contributed by atoms with E-state index in [0.29, 0.717) is 18.2 Å². The number of aromatic nitrogens is 2. The summed E-state index contributed by atoms with van der Waals surface area (Å²) in [6.07, 6.45) is 0.649. The Morgan fingerprint density at radius 2 is 2.23 bits per heavy atom. The summed E-state index contributed by atoms with van der Waals surface area (Å²) < 4.78 is 0.0833. The van der Waals surface area contributed by atoms with E-state index >= 15 is 0 Å². The zero-order valence-corrected chi connectivity index (χ0v) is 9.05. The van der Waals surface area contributed by atoms with Crippen LogP contribution < -0.4 is 5.56 Å². The fraction of sp³-hybridized carbons (Fsp3) is 0.500. The Bertz CT molecular complexity index is 360. The highest BCUT2D eigenvalue weighted by Gasteiger charge is 2.08. The van der Waals surface area contributed by atoms with Crippen molar-refractivity contribution in [2.24, 2.45) is 5.92 Å². The number of rotatable bonds is 2. The largest absolute Gasteiger partial charge is 0.492 e. The van der Waals surface area contributed by atoms with E-state index in [1.54, 1.807) is 0 Å². The van der Waals surface area contributed by atoms with Crippen LogP contribution in [0.4, 0.5) is 0 Å². The van der Waals surface area contributed by atoms with Crippen molar-refractivity contribution in [2.45, 2.75) is 20.3 Å². The second kappa shape index (κ2) is 3.91. The highest BCUT2D eigenvalue weighted by Crippen LogP contribution is 2.15. The van der Waals surface area contributed by atoms with E-state index < -0.39 is 0 Å². The Morgan fingerprint density at radius 1 is 1.62 bits per heavy atom. The Kier molecular flexibility index (Phi) is 3.08. The summed E-state index contributed by atoms with van der Waals surface area (Å²) in [5.74, 6) is 0.656. The lowest BCUT2D eigenvalue weighted by atomic mass is 10.1. The summed E-state index contributed by atoms with van der Waals surface area (Å²) in [6, 6.07) is 0. The average molecular weight is 247 g/mol. The maximum Gasteiger partial charge on any atom is 0.269 e. The fourth-order valence-corrected chi connectivity index (χ4v) is 1.16. The van der Waals surface area contributed by atoms with Gasteiger partial charge in [-0.3, -0.25) is 4.79 Å². The van der Waals surface area contributed by atoms with Crippen LogP contribution in [0.2, 0.25) is 0 Å². The van der Waals surface area contributed by atoms with E-state index in [2.05, 4.69) is 25.9 Å². The van der Waals surface area contributed by atoms with E-state index in [4.69, 9.17) is 0 Å². The smallest absolute Gasteiger partial charge is 0.269 e. The molecule has 0 saturated heterocycles. The minimum Gasteiger partial charge on any atom is -0.492 e. The number of aromatic amines is 1. The van der Waals surface area contributed by atoms with Crippen LogP contribution in [0.25, 0.3) is 0 Å². The van der Waals surface area contributed by atoms with Crippen molar-refractivity contribution >= 4 is 15.9 Å². The molecule has 0 bridgehead atoms. The molecule has 0 fully saturated rings. The van der Waals surface area contributed by atoms with E-state index in [1.165, 1.54) is 0 Å². The van der Waals surface area contributed by atoms with Crippen LogP contribution >= 0.6 is 15.9 Å². The van der Waals surface area contributed by atoms with Gasteiger partial charge in [0.15, 0.2) is 0 Å². The van der Waals surface area contributed by atoms with Crippen molar-refractivity contribution in [3.8, 4) is 5.88 Å². The van der Waals surface area contributed by atoms with Gasteiger partial charge in [0.1, 0.15) is 10.3 Å². The van der Waals surface area contributed by atoms with E-state index in [-0.39, 0.29) is 15.9 Å². The van der Waals surface area contributed by atoms with Crippen molar-refractivity contribution in [1.29, 1.82) is 0 Å². The third-order valence-electron chi connectivity index (χ3n) is 1.50. The average Bonchev–Trinajstić information content (AvgIpc) is 1.98. The summed E-state index contributed by atoms with van der Waals surface area (Å²) in [6.45, 7) is 4.03. The normalized spacial score (nSPS) is 10.8. The molecule has 0 aliphatic heterocycles. The van der Waals surface area contributed by atoms with Crippen molar-refractivity contribution in [3.05, 3.63) is 20.7 Å². The maximum absolute atomic E-state index is 11.1. The zero-order valence-electron chi connectivity index (χ0n) is 7.47. The first-order chi connectivity index (χ1) is 6.00. The second-order valence-electron chi connectivity index (χ2n) is 3.25. The third kappa shape index (κ3) is 2.55. The quantitative estimate of drug-likeness (QED) is 0.830. The summed E-state index contributed by atoms with van der Waals surface area (Å²) in [5, 5.41) is 9.22. The molecule has 2 N–H and O–H groups in total. The molecule has 0 aliphatic rings. The second-order valence-corrected chi connectivity index (χ2v) is 4.04. The minimum absolute atomic E-state index is 0.0833.